The van der Waals surface area contributed by atoms with Crippen LogP contribution in [0, 0.1) is 0 Å². The molecule has 0 aliphatic heterocycles. The zero-order valence-corrected chi connectivity index (χ0v) is 14.3. The summed E-state index contributed by atoms with van der Waals surface area (Å²) in [7, 11) is 0. The van der Waals surface area contributed by atoms with Gasteiger partial charge in [-0.1, -0.05) is 0 Å². The third-order valence-electron chi connectivity index (χ3n) is 2.99. The topological polar surface area (TPSA) is 49.4 Å². The SMILES string of the molecule is CCN(CC)C(=O)C(C)NC(=O)c1cc(S)ccc1Br. The van der Waals surface area contributed by atoms with Gasteiger partial charge in [0.1, 0.15) is 6.04 Å². The van der Waals surface area contributed by atoms with Crippen LogP contribution in [0.25, 0.3) is 0 Å². The predicted octanol–water partition coefficient (Wildman–Crippen LogP) is 2.72. The molecule has 0 aliphatic carbocycles. The van der Waals surface area contributed by atoms with Crippen LogP contribution in [0.1, 0.15) is 31.1 Å². The van der Waals surface area contributed by atoms with Gasteiger partial charge in [-0.25, -0.2) is 0 Å². The number of carbonyl (C=O) groups is 2. The number of benzene rings is 1. The number of hydrogen-bond acceptors (Lipinski definition) is 3. The van der Waals surface area contributed by atoms with Crippen molar-refractivity contribution in [3.8, 4) is 0 Å². The van der Waals surface area contributed by atoms with E-state index in [4.69, 9.17) is 0 Å². The molecule has 1 aromatic carbocycles. The summed E-state index contributed by atoms with van der Waals surface area (Å²) in [6.07, 6.45) is 0. The average Bonchev–Trinajstić information content (AvgIpc) is 2.42. The molecular weight excluding hydrogens is 340 g/mol. The lowest BCUT2D eigenvalue weighted by Gasteiger charge is -2.23. The molecule has 1 rings (SSSR count). The first-order chi connectivity index (χ1) is 9.40. The number of carbonyl (C=O) groups excluding carboxylic acids is 2. The zero-order chi connectivity index (χ0) is 15.3. The maximum absolute atomic E-state index is 12.2. The Bertz CT molecular complexity index is 504. The van der Waals surface area contributed by atoms with E-state index in [1.807, 2.05) is 13.8 Å². The van der Waals surface area contributed by atoms with Crippen molar-refractivity contribution in [2.45, 2.75) is 31.7 Å². The van der Waals surface area contributed by atoms with Crippen molar-refractivity contribution in [2.75, 3.05) is 13.1 Å². The summed E-state index contributed by atoms with van der Waals surface area (Å²) in [6, 6.07) is 4.65. The molecule has 0 bridgehead atoms. The molecule has 0 aliphatic rings. The molecule has 0 saturated carbocycles. The van der Waals surface area contributed by atoms with Crippen molar-refractivity contribution in [2.24, 2.45) is 0 Å². The molecule has 0 aromatic heterocycles. The van der Waals surface area contributed by atoms with Gasteiger partial charge in [-0.3, -0.25) is 9.59 Å². The number of nitrogens with zero attached hydrogens (tertiary/aromatic N) is 1. The van der Waals surface area contributed by atoms with E-state index in [1.54, 1.807) is 30.0 Å². The van der Waals surface area contributed by atoms with Crippen LogP contribution < -0.4 is 5.32 Å². The summed E-state index contributed by atoms with van der Waals surface area (Å²) in [5, 5.41) is 2.72. The van der Waals surface area contributed by atoms with Gasteiger partial charge in [0.05, 0.1) is 5.56 Å². The third-order valence-corrected chi connectivity index (χ3v) is 3.96. The molecule has 0 saturated heterocycles. The zero-order valence-electron chi connectivity index (χ0n) is 11.8. The molecule has 0 heterocycles. The molecule has 1 atom stereocenters. The minimum absolute atomic E-state index is 0.0819. The molecule has 20 heavy (non-hydrogen) atoms. The second kappa shape index (κ2) is 7.69. The summed E-state index contributed by atoms with van der Waals surface area (Å²) in [5.74, 6) is -0.373. The van der Waals surface area contributed by atoms with Gasteiger partial charge in [-0.15, -0.1) is 12.6 Å². The van der Waals surface area contributed by atoms with Crippen molar-refractivity contribution in [1.29, 1.82) is 0 Å². The van der Waals surface area contributed by atoms with Gasteiger partial charge in [0.15, 0.2) is 0 Å². The van der Waals surface area contributed by atoms with Gasteiger partial charge in [0.25, 0.3) is 5.91 Å². The van der Waals surface area contributed by atoms with Gasteiger partial charge >= 0.3 is 0 Å². The van der Waals surface area contributed by atoms with Crippen LogP contribution in [0.4, 0.5) is 0 Å². The molecular formula is C14H19BrN2O2S. The summed E-state index contributed by atoms with van der Waals surface area (Å²) in [5.41, 5.74) is 0.469. The lowest BCUT2D eigenvalue weighted by atomic mass is 10.2. The summed E-state index contributed by atoms with van der Waals surface area (Å²) < 4.78 is 0.676. The fraction of sp³-hybridized carbons (Fsp3) is 0.429. The first-order valence-electron chi connectivity index (χ1n) is 6.48. The number of rotatable bonds is 5. The minimum Gasteiger partial charge on any atom is -0.341 e. The van der Waals surface area contributed by atoms with Crippen LogP contribution in [-0.4, -0.2) is 35.8 Å². The number of amides is 2. The largest absolute Gasteiger partial charge is 0.341 e. The minimum atomic E-state index is -0.558. The van der Waals surface area contributed by atoms with E-state index >= 15 is 0 Å². The molecule has 1 aromatic rings. The van der Waals surface area contributed by atoms with Gasteiger partial charge in [-0.05, 0) is 54.9 Å². The fourth-order valence-corrected chi connectivity index (χ4v) is 2.46. The molecule has 0 spiro atoms. The van der Waals surface area contributed by atoms with Crippen LogP contribution in [0.5, 0.6) is 0 Å². The van der Waals surface area contributed by atoms with Crippen LogP contribution >= 0.6 is 28.6 Å². The highest BCUT2D eigenvalue weighted by Crippen LogP contribution is 2.20. The number of nitrogens with one attached hydrogen (secondary N) is 1. The van der Waals surface area contributed by atoms with E-state index in [2.05, 4.69) is 33.9 Å². The Labute approximate surface area is 133 Å². The van der Waals surface area contributed by atoms with E-state index in [0.717, 1.165) is 0 Å². The van der Waals surface area contributed by atoms with E-state index < -0.39 is 6.04 Å². The van der Waals surface area contributed by atoms with Crippen LogP contribution in [0.3, 0.4) is 0 Å². The quantitative estimate of drug-likeness (QED) is 0.795. The number of thiol groups is 1. The summed E-state index contributed by atoms with van der Waals surface area (Å²) in [4.78, 5) is 26.7. The van der Waals surface area contributed by atoms with Crippen molar-refractivity contribution < 1.29 is 9.59 Å². The highest BCUT2D eigenvalue weighted by atomic mass is 79.9. The smallest absolute Gasteiger partial charge is 0.253 e. The molecule has 1 unspecified atom stereocenters. The molecule has 0 radical (unpaired) electrons. The monoisotopic (exact) mass is 358 g/mol. The molecule has 4 nitrogen and oxygen atoms in total. The Morgan fingerprint density at radius 3 is 2.50 bits per heavy atom. The lowest BCUT2D eigenvalue weighted by Crippen LogP contribution is -2.46. The Morgan fingerprint density at radius 1 is 1.35 bits per heavy atom. The Morgan fingerprint density at radius 2 is 1.95 bits per heavy atom. The summed E-state index contributed by atoms with van der Waals surface area (Å²) in [6.45, 7) is 6.78. The normalized spacial score (nSPS) is 11.8. The van der Waals surface area contributed by atoms with Gasteiger partial charge in [0, 0.05) is 22.5 Å². The molecule has 2 amide bonds. The van der Waals surface area contributed by atoms with E-state index in [1.165, 1.54) is 0 Å². The van der Waals surface area contributed by atoms with Crippen LogP contribution in [0.2, 0.25) is 0 Å². The highest BCUT2D eigenvalue weighted by molar-refractivity contribution is 9.10. The maximum Gasteiger partial charge on any atom is 0.253 e. The average molecular weight is 359 g/mol. The fourth-order valence-electron chi connectivity index (χ4n) is 1.83. The first-order valence-corrected chi connectivity index (χ1v) is 7.72. The second-order valence-corrected chi connectivity index (χ2v) is 5.74. The van der Waals surface area contributed by atoms with Gasteiger partial charge in [0.2, 0.25) is 5.91 Å². The predicted molar refractivity (Wildman–Crippen MR) is 86.3 cm³/mol. The Kier molecular flexibility index (Phi) is 6.55. The number of halogens is 1. The van der Waals surface area contributed by atoms with Crippen molar-refractivity contribution in [3.63, 3.8) is 0 Å². The Hall–Kier alpha value is -1.01. The third kappa shape index (κ3) is 4.24. The standard InChI is InChI=1S/C14H19BrN2O2S/c1-4-17(5-2)14(19)9(3)16-13(18)11-8-10(20)6-7-12(11)15/h6-9,20H,4-5H2,1-3H3,(H,16,18). The Balaban J connectivity index is 2.80. The number of hydrogen-bond donors (Lipinski definition) is 2. The molecule has 6 heteroatoms. The van der Waals surface area contributed by atoms with Gasteiger partial charge < -0.3 is 10.2 Å². The maximum atomic E-state index is 12.2. The van der Waals surface area contributed by atoms with E-state index in [0.29, 0.717) is 28.0 Å². The summed E-state index contributed by atoms with van der Waals surface area (Å²) >= 11 is 7.54. The number of likely N-dealkylation sites (N-methyl/N-ethyl adjacent to an activating group) is 1. The second-order valence-electron chi connectivity index (χ2n) is 4.37. The molecule has 0 fully saturated rings. The molecule has 110 valence electrons. The van der Waals surface area contributed by atoms with E-state index in [-0.39, 0.29) is 11.8 Å². The van der Waals surface area contributed by atoms with Crippen molar-refractivity contribution in [1.82, 2.24) is 10.2 Å². The first kappa shape index (κ1) is 17.0. The van der Waals surface area contributed by atoms with Crippen LogP contribution in [0.15, 0.2) is 27.6 Å². The van der Waals surface area contributed by atoms with Crippen LogP contribution in [-0.2, 0) is 4.79 Å². The molecule has 1 N–H and O–H groups in total. The van der Waals surface area contributed by atoms with Crippen molar-refractivity contribution in [3.05, 3.63) is 28.2 Å². The van der Waals surface area contributed by atoms with E-state index in [9.17, 15) is 9.59 Å². The van der Waals surface area contributed by atoms with Gasteiger partial charge in [-0.2, -0.15) is 0 Å². The highest BCUT2D eigenvalue weighted by Gasteiger charge is 2.21. The lowest BCUT2D eigenvalue weighted by molar-refractivity contribution is -0.132. The van der Waals surface area contributed by atoms with Crippen molar-refractivity contribution >= 4 is 40.4 Å².